The molecule has 0 aliphatic heterocycles. The van der Waals surface area contributed by atoms with Crippen LogP contribution < -0.4 is 11.1 Å². The minimum Gasteiger partial charge on any atom is -0.392 e. The molecule has 0 amide bonds. The second-order valence-corrected chi connectivity index (χ2v) is 1.70. The van der Waals surface area contributed by atoms with Crippen molar-refractivity contribution in [3.63, 3.8) is 0 Å². The van der Waals surface area contributed by atoms with Crippen LogP contribution in [0, 0.1) is 12.1 Å². The summed E-state index contributed by atoms with van der Waals surface area (Å²) in [6, 6.07) is 9.20. The third-order valence-corrected chi connectivity index (χ3v) is 1.04. The lowest BCUT2D eigenvalue weighted by atomic mass is 10.3. The number of nitrogen functional groups attached to an aromatic ring is 1. The Morgan fingerprint density at radius 1 is 1.44 bits per heavy atom. The molecule has 0 fully saturated rings. The molecule has 0 saturated heterocycles. The number of nitrogens with two attached hydrogens (primary N) is 1. The minimum atomic E-state index is 0.619. The molecule has 1 rings (SSSR count). The minimum absolute atomic E-state index is 0.619. The zero-order valence-corrected chi connectivity index (χ0v) is 5.23. The van der Waals surface area contributed by atoms with Gasteiger partial charge in [0, 0.05) is 7.05 Å². The van der Waals surface area contributed by atoms with Crippen molar-refractivity contribution in [2.45, 2.75) is 0 Å². The second-order valence-electron chi connectivity index (χ2n) is 1.70. The van der Waals surface area contributed by atoms with E-state index in [0.29, 0.717) is 5.69 Å². The van der Waals surface area contributed by atoms with E-state index in [1.807, 2.05) is 13.1 Å². The Morgan fingerprint density at radius 2 is 2.22 bits per heavy atom. The largest absolute Gasteiger partial charge is 0.392 e. The Hall–Kier alpha value is -1.36. The van der Waals surface area contributed by atoms with Gasteiger partial charge in [0.05, 0.1) is 11.4 Å². The maximum Gasteiger partial charge on any atom is 0.0856 e. The second kappa shape index (κ2) is 2.27. The van der Waals surface area contributed by atoms with Crippen LogP contribution in [-0.4, -0.2) is 7.05 Å². The number of nitrogens with one attached hydrogen (secondary N) is 1. The molecule has 0 unspecified atom stereocenters. The standard InChI is InChI=1S/C7H8N2/c1-9-7-4-2-6(8)3-5-7/h2,4,9H,8H2,1H3. The van der Waals surface area contributed by atoms with Crippen LogP contribution in [0.15, 0.2) is 12.1 Å². The Labute approximate surface area is 54.7 Å². The normalized spacial score (nSPS) is 8.11. The summed E-state index contributed by atoms with van der Waals surface area (Å²) in [7, 11) is 1.83. The van der Waals surface area contributed by atoms with Gasteiger partial charge >= 0.3 is 0 Å². The van der Waals surface area contributed by atoms with E-state index in [4.69, 9.17) is 5.73 Å². The van der Waals surface area contributed by atoms with Gasteiger partial charge < -0.3 is 11.1 Å². The van der Waals surface area contributed by atoms with Crippen LogP contribution in [0.5, 0.6) is 0 Å². The fourth-order valence-electron chi connectivity index (χ4n) is 0.542. The van der Waals surface area contributed by atoms with Crippen LogP contribution in [0.3, 0.4) is 0 Å². The summed E-state index contributed by atoms with van der Waals surface area (Å²) >= 11 is 0. The van der Waals surface area contributed by atoms with E-state index in [9.17, 15) is 0 Å². The van der Waals surface area contributed by atoms with Crippen molar-refractivity contribution in [3.05, 3.63) is 24.3 Å². The van der Waals surface area contributed by atoms with Crippen LogP contribution >= 0.6 is 0 Å². The number of rotatable bonds is 1. The summed E-state index contributed by atoms with van der Waals surface area (Å²) in [4.78, 5) is 0. The average Bonchev–Trinajstić information content (AvgIpc) is 1.90. The first kappa shape index (κ1) is 5.77. The third-order valence-electron chi connectivity index (χ3n) is 1.04. The van der Waals surface area contributed by atoms with Gasteiger partial charge in [-0.05, 0) is 24.3 Å². The molecular formula is C7H8N2. The lowest BCUT2D eigenvalue weighted by Gasteiger charge is -1.91. The topological polar surface area (TPSA) is 38.0 Å². The summed E-state index contributed by atoms with van der Waals surface area (Å²) in [5, 5.41) is 2.91. The third kappa shape index (κ3) is 1.26. The van der Waals surface area contributed by atoms with Gasteiger partial charge in [0.2, 0.25) is 0 Å². The highest BCUT2D eigenvalue weighted by Crippen LogP contribution is 2.02. The Morgan fingerprint density at radius 3 is 2.67 bits per heavy atom. The zero-order valence-electron chi connectivity index (χ0n) is 5.23. The predicted molar refractivity (Wildman–Crippen MR) is 38.1 cm³/mol. The SMILES string of the molecule is CNc1c#cc(N)cc1. The van der Waals surface area contributed by atoms with Crippen LogP contribution in [0.25, 0.3) is 0 Å². The molecule has 46 valence electrons. The smallest absolute Gasteiger partial charge is 0.0856 e. The summed E-state index contributed by atoms with van der Waals surface area (Å²) in [6.07, 6.45) is 0. The first-order valence-corrected chi connectivity index (χ1v) is 2.70. The highest BCUT2D eigenvalue weighted by Gasteiger charge is 1.81. The molecule has 2 nitrogen and oxygen atoms in total. The van der Waals surface area contributed by atoms with E-state index in [2.05, 4.69) is 17.4 Å². The fourth-order valence-corrected chi connectivity index (χ4v) is 0.542. The molecule has 0 spiro atoms. The van der Waals surface area contributed by atoms with Crippen molar-refractivity contribution in [3.8, 4) is 0 Å². The first-order chi connectivity index (χ1) is 4.33. The zero-order chi connectivity index (χ0) is 6.69. The van der Waals surface area contributed by atoms with E-state index >= 15 is 0 Å². The Kier molecular flexibility index (Phi) is 1.46. The monoisotopic (exact) mass is 120 g/mol. The van der Waals surface area contributed by atoms with Crippen molar-refractivity contribution >= 4 is 11.4 Å². The number of hydrogen-bond acceptors (Lipinski definition) is 2. The van der Waals surface area contributed by atoms with Crippen molar-refractivity contribution < 1.29 is 0 Å². The van der Waals surface area contributed by atoms with Crippen molar-refractivity contribution in [1.29, 1.82) is 0 Å². The van der Waals surface area contributed by atoms with Gasteiger partial charge in [-0.3, -0.25) is 0 Å². The van der Waals surface area contributed by atoms with Crippen molar-refractivity contribution in [2.24, 2.45) is 0 Å². The molecule has 9 heavy (non-hydrogen) atoms. The van der Waals surface area contributed by atoms with E-state index < -0.39 is 0 Å². The molecular weight excluding hydrogens is 112 g/mol. The van der Waals surface area contributed by atoms with E-state index in [1.165, 1.54) is 0 Å². The van der Waals surface area contributed by atoms with E-state index in [0.717, 1.165) is 5.69 Å². The van der Waals surface area contributed by atoms with Crippen LogP contribution in [0.4, 0.5) is 11.4 Å². The van der Waals surface area contributed by atoms with Crippen molar-refractivity contribution in [1.82, 2.24) is 0 Å². The predicted octanol–water partition coefficient (Wildman–Crippen LogP) is 0.911. The van der Waals surface area contributed by atoms with Crippen LogP contribution in [0.2, 0.25) is 0 Å². The van der Waals surface area contributed by atoms with Crippen LogP contribution in [-0.2, 0) is 0 Å². The molecule has 0 bridgehead atoms. The summed E-state index contributed by atoms with van der Waals surface area (Å²) in [5.74, 6) is 0. The molecule has 0 heterocycles. The summed E-state index contributed by atoms with van der Waals surface area (Å²) in [5.41, 5.74) is 6.89. The Bertz CT molecular complexity index is 179. The molecule has 0 radical (unpaired) electrons. The van der Waals surface area contributed by atoms with Gasteiger partial charge in [0.15, 0.2) is 0 Å². The maximum absolute atomic E-state index is 5.37. The molecule has 0 aromatic heterocycles. The lowest BCUT2D eigenvalue weighted by Crippen LogP contribution is -1.86. The molecule has 1 aromatic rings. The van der Waals surface area contributed by atoms with Crippen molar-refractivity contribution in [2.75, 3.05) is 18.1 Å². The molecule has 1 aromatic carbocycles. The number of anilines is 2. The van der Waals surface area contributed by atoms with Gasteiger partial charge in [-0.2, -0.15) is 0 Å². The van der Waals surface area contributed by atoms with Gasteiger partial charge in [-0.15, -0.1) is 0 Å². The Balaban J connectivity index is 2.88. The highest BCUT2D eigenvalue weighted by atomic mass is 14.8. The summed E-state index contributed by atoms with van der Waals surface area (Å²) in [6.45, 7) is 0. The van der Waals surface area contributed by atoms with Gasteiger partial charge in [-0.25, -0.2) is 0 Å². The highest BCUT2D eigenvalue weighted by molar-refractivity contribution is 5.44. The van der Waals surface area contributed by atoms with E-state index in [1.54, 1.807) is 6.07 Å². The van der Waals surface area contributed by atoms with Gasteiger partial charge in [-0.1, -0.05) is 0 Å². The molecule has 2 heteroatoms. The van der Waals surface area contributed by atoms with E-state index in [-0.39, 0.29) is 0 Å². The molecule has 0 aliphatic rings. The first-order valence-electron chi connectivity index (χ1n) is 2.70. The van der Waals surface area contributed by atoms with Crippen LogP contribution in [0.1, 0.15) is 0 Å². The molecule has 3 N–H and O–H groups in total. The average molecular weight is 120 g/mol. The maximum atomic E-state index is 5.37. The van der Waals surface area contributed by atoms with Gasteiger partial charge in [0.25, 0.3) is 0 Å². The quantitative estimate of drug-likeness (QED) is 0.578. The fraction of sp³-hybridized carbons (Fsp3) is 0.143. The summed E-state index contributed by atoms with van der Waals surface area (Å²) < 4.78 is 0. The molecule has 0 saturated carbocycles. The molecule has 0 atom stereocenters. The molecule has 0 aliphatic carbocycles. The number of hydrogen-bond donors (Lipinski definition) is 2. The lowest BCUT2D eigenvalue weighted by molar-refractivity contribution is 1.52. The van der Waals surface area contributed by atoms with Gasteiger partial charge in [0.1, 0.15) is 0 Å².